The maximum Gasteiger partial charge on any atom is 0.264 e. The smallest absolute Gasteiger partial charge is 0.264 e. The van der Waals surface area contributed by atoms with Crippen LogP contribution in [-0.2, 0) is 26.2 Å². The molecule has 9 heteroatoms. The summed E-state index contributed by atoms with van der Waals surface area (Å²) in [5, 5.41) is 3.53. The molecule has 0 heterocycles. The van der Waals surface area contributed by atoms with Crippen molar-refractivity contribution in [1.29, 1.82) is 0 Å². The standard InChI is InChI=1S/C32H38ClN3O4S/c1-23-12-14-26(15-13-23)21-35(25(3)32(38)34-28-9-5-4-6-10-28)31(37)22-36(29-11-7-8-24(2)20-29)41(39,40)30-18-16-27(33)17-19-30/h7-8,11-20,25,28H,4-6,9-10,21-22H2,1-3H3,(H,34,38)/t25-/m1/s1. The molecule has 1 aliphatic rings. The lowest BCUT2D eigenvalue weighted by Crippen LogP contribution is -2.53. The minimum Gasteiger partial charge on any atom is -0.352 e. The van der Waals surface area contributed by atoms with E-state index in [4.69, 9.17) is 11.6 Å². The second-order valence-corrected chi connectivity index (χ2v) is 13.1. The first-order valence-corrected chi connectivity index (χ1v) is 15.9. The number of aryl methyl sites for hydroxylation is 2. The van der Waals surface area contributed by atoms with E-state index in [1.54, 1.807) is 25.1 Å². The molecule has 0 aromatic heterocycles. The Morgan fingerprint density at radius 3 is 2.22 bits per heavy atom. The molecule has 0 unspecified atom stereocenters. The average molecular weight is 596 g/mol. The highest BCUT2D eigenvalue weighted by atomic mass is 35.5. The Morgan fingerprint density at radius 2 is 1.59 bits per heavy atom. The van der Waals surface area contributed by atoms with Gasteiger partial charge in [-0.3, -0.25) is 13.9 Å². The van der Waals surface area contributed by atoms with Gasteiger partial charge in [0.15, 0.2) is 0 Å². The van der Waals surface area contributed by atoms with Crippen LogP contribution in [-0.4, -0.2) is 43.8 Å². The van der Waals surface area contributed by atoms with Crippen molar-refractivity contribution in [3.8, 4) is 0 Å². The number of amides is 2. The number of carbonyl (C=O) groups excluding carboxylic acids is 2. The zero-order chi connectivity index (χ0) is 29.6. The molecule has 1 saturated carbocycles. The van der Waals surface area contributed by atoms with Crippen LogP contribution in [0.25, 0.3) is 0 Å². The molecule has 1 N–H and O–H groups in total. The van der Waals surface area contributed by atoms with Crippen LogP contribution in [0.4, 0.5) is 5.69 Å². The molecule has 1 aliphatic carbocycles. The molecule has 218 valence electrons. The van der Waals surface area contributed by atoms with Gasteiger partial charge in [0.05, 0.1) is 10.6 Å². The van der Waals surface area contributed by atoms with Gasteiger partial charge in [-0.05, 0) is 81.1 Å². The van der Waals surface area contributed by atoms with Gasteiger partial charge >= 0.3 is 0 Å². The number of carbonyl (C=O) groups is 2. The zero-order valence-electron chi connectivity index (χ0n) is 23.8. The summed E-state index contributed by atoms with van der Waals surface area (Å²) in [5.41, 5.74) is 3.14. The van der Waals surface area contributed by atoms with E-state index in [-0.39, 0.29) is 23.4 Å². The lowest BCUT2D eigenvalue weighted by Gasteiger charge is -2.33. The average Bonchev–Trinajstić information content (AvgIpc) is 2.95. The molecule has 4 rings (SSSR count). The lowest BCUT2D eigenvalue weighted by atomic mass is 9.95. The molecule has 41 heavy (non-hydrogen) atoms. The second kappa shape index (κ2) is 13.5. The zero-order valence-corrected chi connectivity index (χ0v) is 25.4. The molecule has 0 radical (unpaired) electrons. The SMILES string of the molecule is Cc1ccc(CN(C(=O)CN(c2cccc(C)c2)S(=O)(=O)c2ccc(Cl)cc2)[C@H](C)C(=O)NC2CCCCC2)cc1. The molecular formula is C32H38ClN3O4S. The lowest BCUT2D eigenvalue weighted by molar-refractivity contribution is -0.139. The van der Waals surface area contributed by atoms with Gasteiger partial charge in [-0.25, -0.2) is 8.42 Å². The number of benzene rings is 3. The van der Waals surface area contributed by atoms with E-state index in [0.29, 0.717) is 10.7 Å². The predicted molar refractivity (Wildman–Crippen MR) is 163 cm³/mol. The van der Waals surface area contributed by atoms with Crippen LogP contribution in [0.1, 0.15) is 55.7 Å². The molecule has 0 saturated heterocycles. The predicted octanol–water partition coefficient (Wildman–Crippen LogP) is 6.02. The number of nitrogens with zero attached hydrogens (tertiary/aromatic N) is 2. The van der Waals surface area contributed by atoms with Gasteiger partial charge in [-0.1, -0.05) is 72.8 Å². The van der Waals surface area contributed by atoms with Crippen LogP contribution in [0, 0.1) is 13.8 Å². The van der Waals surface area contributed by atoms with Crippen molar-refractivity contribution in [2.24, 2.45) is 0 Å². The van der Waals surface area contributed by atoms with Crippen LogP contribution in [0.15, 0.2) is 77.7 Å². The van der Waals surface area contributed by atoms with Crippen molar-refractivity contribution in [3.63, 3.8) is 0 Å². The number of nitrogens with one attached hydrogen (secondary N) is 1. The van der Waals surface area contributed by atoms with Crippen LogP contribution in [0.5, 0.6) is 0 Å². The number of anilines is 1. The Labute approximate surface area is 248 Å². The number of hydrogen-bond donors (Lipinski definition) is 1. The fraction of sp³-hybridized carbons (Fsp3) is 0.375. The summed E-state index contributed by atoms with van der Waals surface area (Å²) in [7, 11) is -4.14. The third-order valence-electron chi connectivity index (χ3n) is 7.56. The Hall–Kier alpha value is -3.36. The van der Waals surface area contributed by atoms with Gasteiger partial charge in [0, 0.05) is 17.6 Å². The molecule has 3 aromatic carbocycles. The highest BCUT2D eigenvalue weighted by molar-refractivity contribution is 7.92. The fourth-order valence-electron chi connectivity index (χ4n) is 5.09. The van der Waals surface area contributed by atoms with Gasteiger partial charge in [0.2, 0.25) is 11.8 Å². The third kappa shape index (κ3) is 7.89. The summed E-state index contributed by atoms with van der Waals surface area (Å²) in [4.78, 5) is 29.0. The van der Waals surface area contributed by atoms with E-state index in [2.05, 4.69) is 5.32 Å². The number of halogens is 1. The highest BCUT2D eigenvalue weighted by Gasteiger charge is 2.33. The quantitative estimate of drug-likeness (QED) is 0.311. The van der Waals surface area contributed by atoms with Crippen molar-refractivity contribution in [3.05, 3.63) is 94.5 Å². The summed E-state index contributed by atoms with van der Waals surface area (Å²) in [6.45, 7) is 5.24. The summed E-state index contributed by atoms with van der Waals surface area (Å²) in [6, 6.07) is 19.9. The van der Waals surface area contributed by atoms with E-state index in [1.165, 1.54) is 29.2 Å². The molecule has 0 bridgehead atoms. The van der Waals surface area contributed by atoms with Gasteiger partial charge in [0.1, 0.15) is 12.6 Å². The number of hydrogen-bond acceptors (Lipinski definition) is 4. The Bertz CT molecular complexity index is 1450. The van der Waals surface area contributed by atoms with Crippen LogP contribution in [0.2, 0.25) is 5.02 Å². The second-order valence-electron chi connectivity index (χ2n) is 10.8. The van der Waals surface area contributed by atoms with Gasteiger partial charge in [0.25, 0.3) is 10.0 Å². The van der Waals surface area contributed by atoms with Crippen molar-refractivity contribution < 1.29 is 18.0 Å². The summed E-state index contributed by atoms with van der Waals surface area (Å²) in [5.74, 6) is -0.712. The Kier molecular flexibility index (Phi) is 10.1. The van der Waals surface area contributed by atoms with E-state index in [0.717, 1.165) is 53.1 Å². The Morgan fingerprint density at radius 1 is 0.927 bits per heavy atom. The first-order valence-electron chi connectivity index (χ1n) is 14.0. The van der Waals surface area contributed by atoms with Crippen molar-refractivity contribution >= 4 is 39.1 Å². The molecular weight excluding hydrogens is 558 g/mol. The van der Waals surface area contributed by atoms with Crippen LogP contribution >= 0.6 is 11.6 Å². The molecule has 0 spiro atoms. The summed E-state index contributed by atoms with van der Waals surface area (Å²) < 4.78 is 28.9. The fourth-order valence-corrected chi connectivity index (χ4v) is 6.62. The minimum atomic E-state index is -4.14. The van der Waals surface area contributed by atoms with E-state index in [9.17, 15) is 18.0 Å². The van der Waals surface area contributed by atoms with Crippen molar-refractivity contribution in [2.75, 3.05) is 10.8 Å². The number of sulfonamides is 1. The summed E-state index contributed by atoms with van der Waals surface area (Å²) >= 11 is 6.02. The highest BCUT2D eigenvalue weighted by Crippen LogP contribution is 2.26. The monoisotopic (exact) mass is 595 g/mol. The first-order chi connectivity index (χ1) is 19.5. The van der Waals surface area contributed by atoms with E-state index >= 15 is 0 Å². The molecule has 1 fully saturated rings. The maximum absolute atomic E-state index is 14.1. The molecule has 2 amide bonds. The summed E-state index contributed by atoms with van der Waals surface area (Å²) in [6.07, 6.45) is 5.14. The normalized spacial score (nSPS) is 14.7. The maximum atomic E-state index is 14.1. The molecule has 0 aliphatic heterocycles. The Balaban J connectivity index is 1.67. The molecule has 1 atom stereocenters. The molecule has 3 aromatic rings. The topological polar surface area (TPSA) is 86.8 Å². The largest absolute Gasteiger partial charge is 0.352 e. The van der Waals surface area contributed by atoms with E-state index in [1.807, 2.05) is 44.2 Å². The van der Waals surface area contributed by atoms with Crippen LogP contribution < -0.4 is 9.62 Å². The minimum absolute atomic E-state index is 0.0179. The molecule has 7 nitrogen and oxygen atoms in total. The van der Waals surface area contributed by atoms with Crippen LogP contribution in [0.3, 0.4) is 0 Å². The van der Waals surface area contributed by atoms with Gasteiger partial charge in [-0.2, -0.15) is 0 Å². The van der Waals surface area contributed by atoms with Gasteiger partial charge in [-0.15, -0.1) is 0 Å². The van der Waals surface area contributed by atoms with Crippen molar-refractivity contribution in [1.82, 2.24) is 10.2 Å². The van der Waals surface area contributed by atoms with E-state index < -0.39 is 28.5 Å². The van der Waals surface area contributed by atoms with Crippen molar-refractivity contribution in [2.45, 2.75) is 76.4 Å². The number of rotatable bonds is 10. The first kappa shape index (κ1) is 30.6. The van der Waals surface area contributed by atoms with Gasteiger partial charge < -0.3 is 10.2 Å². The third-order valence-corrected chi connectivity index (χ3v) is 9.60.